The van der Waals surface area contributed by atoms with E-state index in [2.05, 4.69) is 27.0 Å². The number of aryl methyl sites for hydroxylation is 1. The molecule has 1 unspecified atom stereocenters. The predicted molar refractivity (Wildman–Crippen MR) is 122 cm³/mol. The number of likely N-dealkylation sites (tertiary alicyclic amines) is 1. The largest absolute Gasteiger partial charge is 0.379 e. The molecule has 0 radical (unpaired) electrons. The Kier molecular flexibility index (Phi) is 8.19. The zero-order valence-corrected chi connectivity index (χ0v) is 19.1. The summed E-state index contributed by atoms with van der Waals surface area (Å²) in [4.78, 5) is 31.8. The van der Waals surface area contributed by atoms with Gasteiger partial charge in [0.05, 0.1) is 18.9 Å². The minimum Gasteiger partial charge on any atom is -0.379 e. The molecule has 0 bridgehead atoms. The molecule has 2 saturated heterocycles. The monoisotopic (exact) mass is 441 g/mol. The smallest absolute Gasteiger partial charge is 0.243 e. The van der Waals surface area contributed by atoms with Gasteiger partial charge < -0.3 is 10.1 Å². The normalized spacial score (nSPS) is 19.0. The van der Waals surface area contributed by atoms with Gasteiger partial charge >= 0.3 is 0 Å². The molecule has 2 aliphatic rings. The number of piperidine rings is 1. The van der Waals surface area contributed by atoms with Crippen LogP contribution in [0.15, 0.2) is 24.8 Å². The van der Waals surface area contributed by atoms with Crippen LogP contribution in [-0.4, -0.2) is 87.7 Å². The van der Waals surface area contributed by atoms with Crippen molar-refractivity contribution in [2.75, 3.05) is 52.5 Å². The Hall–Kier alpha value is -2.36. The minimum atomic E-state index is -0.402. The Bertz CT molecular complexity index is 846. The first-order chi connectivity index (χ1) is 15.7. The lowest BCUT2D eigenvalue weighted by Crippen LogP contribution is -2.46. The van der Waals surface area contributed by atoms with E-state index < -0.39 is 6.04 Å². The molecule has 9 heteroatoms. The zero-order chi connectivity index (χ0) is 22.2. The Morgan fingerprint density at radius 1 is 1.16 bits per heavy atom. The molecule has 4 rings (SSSR count). The lowest BCUT2D eigenvalue weighted by Gasteiger charge is -2.34. The predicted octanol–water partition coefficient (Wildman–Crippen LogP) is 1.59. The second-order valence-corrected chi connectivity index (χ2v) is 8.55. The molecular weight excluding hydrogens is 406 g/mol. The number of carbonyl (C=O) groups excluding carboxylic acids is 1. The Labute approximate surface area is 190 Å². The molecule has 1 amide bonds. The lowest BCUT2D eigenvalue weighted by molar-refractivity contribution is -0.127. The van der Waals surface area contributed by atoms with Crippen LogP contribution >= 0.6 is 0 Å². The highest BCUT2D eigenvalue weighted by molar-refractivity contribution is 5.82. The van der Waals surface area contributed by atoms with Crippen molar-refractivity contribution >= 4 is 5.91 Å². The van der Waals surface area contributed by atoms with Crippen molar-refractivity contribution < 1.29 is 9.53 Å². The van der Waals surface area contributed by atoms with Crippen LogP contribution < -0.4 is 5.32 Å². The number of morpholine rings is 1. The van der Waals surface area contributed by atoms with Gasteiger partial charge in [-0.2, -0.15) is 0 Å². The summed E-state index contributed by atoms with van der Waals surface area (Å²) in [5, 5.41) is 3.19. The topological polar surface area (TPSA) is 88.4 Å². The summed E-state index contributed by atoms with van der Waals surface area (Å²) in [5.74, 6) is 0.601. The summed E-state index contributed by atoms with van der Waals surface area (Å²) < 4.78 is 7.23. The summed E-state index contributed by atoms with van der Waals surface area (Å²) in [6.45, 7) is 8.81. The van der Waals surface area contributed by atoms with Gasteiger partial charge in [-0.1, -0.05) is 19.8 Å². The molecule has 1 atom stereocenters. The maximum absolute atomic E-state index is 13.5. The minimum absolute atomic E-state index is 0.0258. The number of nitrogens with zero attached hydrogens (tertiary/aromatic N) is 6. The number of aromatic nitrogens is 4. The third-order valence-corrected chi connectivity index (χ3v) is 6.14. The van der Waals surface area contributed by atoms with Gasteiger partial charge in [-0.3, -0.25) is 19.2 Å². The van der Waals surface area contributed by atoms with Gasteiger partial charge in [0, 0.05) is 44.3 Å². The molecule has 2 aliphatic heterocycles. The molecule has 32 heavy (non-hydrogen) atoms. The van der Waals surface area contributed by atoms with Crippen LogP contribution in [0, 0.1) is 0 Å². The summed E-state index contributed by atoms with van der Waals surface area (Å²) in [7, 11) is 0. The Balaban J connectivity index is 1.55. The van der Waals surface area contributed by atoms with Crippen molar-refractivity contribution in [1.29, 1.82) is 0 Å². The lowest BCUT2D eigenvalue weighted by atomic mass is 10.0. The van der Waals surface area contributed by atoms with Crippen LogP contribution in [0.3, 0.4) is 0 Å². The van der Waals surface area contributed by atoms with E-state index >= 15 is 0 Å². The van der Waals surface area contributed by atoms with Crippen molar-refractivity contribution in [2.45, 2.75) is 45.1 Å². The summed E-state index contributed by atoms with van der Waals surface area (Å²) in [6, 6.07) is 1.62. The van der Waals surface area contributed by atoms with Crippen LogP contribution in [0.25, 0.3) is 5.95 Å². The number of rotatable bonds is 9. The van der Waals surface area contributed by atoms with E-state index in [-0.39, 0.29) is 5.91 Å². The van der Waals surface area contributed by atoms with Crippen LogP contribution in [-0.2, 0) is 16.0 Å². The van der Waals surface area contributed by atoms with Gasteiger partial charge in [0.2, 0.25) is 11.9 Å². The third kappa shape index (κ3) is 5.90. The van der Waals surface area contributed by atoms with Gasteiger partial charge in [-0.25, -0.2) is 15.0 Å². The molecule has 0 aliphatic carbocycles. The number of carbonyl (C=O) groups is 1. The molecule has 9 nitrogen and oxygen atoms in total. The fourth-order valence-corrected chi connectivity index (χ4v) is 4.44. The Morgan fingerprint density at radius 2 is 1.97 bits per heavy atom. The number of nitrogens with one attached hydrogen (secondary N) is 1. The maximum atomic E-state index is 13.5. The molecule has 1 N–H and O–H groups in total. The van der Waals surface area contributed by atoms with E-state index in [1.54, 1.807) is 12.5 Å². The fraction of sp³-hybridized carbons (Fsp3) is 0.652. The standard InChI is InChI=1S/C23H35N7O2/c1-2-6-19-17-20(27-23(26-19)30-12-7-24-18-30)21(29-9-4-3-5-10-29)22(31)25-8-11-28-13-15-32-16-14-28/h7,12,17-18,21H,2-6,8-11,13-16H2,1H3,(H,25,31). The maximum Gasteiger partial charge on any atom is 0.243 e. The second kappa shape index (κ2) is 11.5. The number of hydrogen-bond acceptors (Lipinski definition) is 7. The highest BCUT2D eigenvalue weighted by Crippen LogP contribution is 2.25. The number of ether oxygens (including phenoxy) is 1. The SMILES string of the molecule is CCCc1cc(C(C(=O)NCCN2CCOCC2)N2CCCCC2)nc(-n2ccnc2)n1. The van der Waals surface area contributed by atoms with Crippen LogP contribution in [0.1, 0.15) is 50.0 Å². The highest BCUT2D eigenvalue weighted by atomic mass is 16.5. The first kappa shape index (κ1) is 22.8. The molecule has 4 heterocycles. The molecule has 2 fully saturated rings. The fourth-order valence-electron chi connectivity index (χ4n) is 4.44. The zero-order valence-electron chi connectivity index (χ0n) is 19.1. The summed E-state index contributed by atoms with van der Waals surface area (Å²) in [5.41, 5.74) is 1.74. The van der Waals surface area contributed by atoms with Gasteiger partial charge in [0.1, 0.15) is 12.4 Å². The van der Waals surface area contributed by atoms with E-state index in [1.807, 2.05) is 16.8 Å². The van der Waals surface area contributed by atoms with Crippen molar-refractivity contribution in [1.82, 2.24) is 34.6 Å². The van der Waals surface area contributed by atoms with Crippen LogP contribution in [0.4, 0.5) is 0 Å². The van der Waals surface area contributed by atoms with Gasteiger partial charge in [-0.15, -0.1) is 0 Å². The van der Waals surface area contributed by atoms with Crippen molar-refractivity contribution in [2.24, 2.45) is 0 Å². The highest BCUT2D eigenvalue weighted by Gasteiger charge is 2.31. The van der Waals surface area contributed by atoms with E-state index in [9.17, 15) is 4.79 Å². The Morgan fingerprint density at radius 3 is 2.69 bits per heavy atom. The van der Waals surface area contributed by atoms with Crippen LogP contribution in [0.5, 0.6) is 0 Å². The molecule has 174 valence electrons. The van der Waals surface area contributed by atoms with Gasteiger partial charge in [-0.05, 0) is 38.4 Å². The molecule has 0 spiro atoms. The molecule has 0 saturated carbocycles. The number of amides is 1. The molecule has 0 aromatic carbocycles. The average Bonchev–Trinajstić information content (AvgIpc) is 3.36. The number of imidazole rings is 1. The van der Waals surface area contributed by atoms with E-state index in [4.69, 9.17) is 14.7 Å². The third-order valence-electron chi connectivity index (χ3n) is 6.14. The van der Waals surface area contributed by atoms with Crippen LogP contribution in [0.2, 0.25) is 0 Å². The van der Waals surface area contributed by atoms with Crippen molar-refractivity contribution in [3.8, 4) is 5.95 Å². The van der Waals surface area contributed by atoms with Gasteiger partial charge in [0.15, 0.2) is 0 Å². The van der Waals surface area contributed by atoms with E-state index in [0.29, 0.717) is 12.5 Å². The molecule has 2 aromatic heterocycles. The first-order valence-electron chi connectivity index (χ1n) is 11.9. The van der Waals surface area contributed by atoms with Gasteiger partial charge in [0.25, 0.3) is 0 Å². The second-order valence-electron chi connectivity index (χ2n) is 8.55. The van der Waals surface area contributed by atoms with Crippen molar-refractivity contribution in [3.05, 3.63) is 36.2 Å². The van der Waals surface area contributed by atoms with E-state index in [1.165, 1.54) is 6.42 Å². The molecule has 2 aromatic rings. The summed E-state index contributed by atoms with van der Waals surface area (Å²) in [6.07, 6.45) is 10.5. The quantitative estimate of drug-likeness (QED) is 0.632. The molecular formula is C23H35N7O2. The van der Waals surface area contributed by atoms with Crippen molar-refractivity contribution in [3.63, 3.8) is 0 Å². The first-order valence-corrected chi connectivity index (χ1v) is 11.9. The summed E-state index contributed by atoms with van der Waals surface area (Å²) >= 11 is 0. The average molecular weight is 442 g/mol. The van der Waals surface area contributed by atoms with E-state index in [0.717, 1.165) is 83.0 Å². The number of hydrogen-bond donors (Lipinski definition) is 1.